The topological polar surface area (TPSA) is 26.3 Å². The first kappa shape index (κ1) is 21.2. The molecule has 6 atom stereocenters. The number of hydrogen-bond donors (Lipinski definition) is 0. The molecule has 0 aromatic carbocycles. The highest BCUT2D eigenvalue weighted by molar-refractivity contribution is 5.69. The van der Waals surface area contributed by atoms with Gasteiger partial charge in [0.1, 0.15) is 6.10 Å². The number of hydrogen-bond acceptors (Lipinski definition) is 2. The Bertz CT molecular complexity index is 446. The van der Waals surface area contributed by atoms with Crippen molar-refractivity contribution < 1.29 is 9.53 Å². The van der Waals surface area contributed by atoms with Crippen molar-refractivity contribution in [2.45, 2.75) is 123 Å². The van der Waals surface area contributed by atoms with E-state index in [1.54, 1.807) is 0 Å². The number of ether oxygens (including phenoxy) is 1. The fraction of sp³-hybridized carbons (Fsp3) is 0.960. The molecule has 27 heavy (non-hydrogen) atoms. The van der Waals surface area contributed by atoms with Crippen LogP contribution in [0.15, 0.2) is 0 Å². The Morgan fingerprint density at radius 1 is 0.778 bits per heavy atom. The fourth-order valence-electron chi connectivity index (χ4n) is 6.74. The van der Waals surface area contributed by atoms with Crippen LogP contribution in [0.4, 0.5) is 0 Å². The zero-order chi connectivity index (χ0) is 19.1. The Kier molecular flexibility index (Phi) is 8.52. The predicted octanol–water partition coefficient (Wildman–Crippen LogP) is 7.30. The van der Waals surface area contributed by atoms with Crippen LogP contribution in [0.3, 0.4) is 0 Å². The summed E-state index contributed by atoms with van der Waals surface area (Å²) in [6.45, 7) is 4.58. The lowest BCUT2D eigenvalue weighted by molar-refractivity contribution is -0.153. The molecular formula is C25H44O2. The highest BCUT2D eigenvalue weighted by Gasteiger charge is 2.44. The van der Waals surface area contributed by atoms with Crippen LogP contribution in [0.2, 0.25) is 0 Å². The molecule has 0 amide bonds. The molecule has 0 aromatic heterocycles. The molecule has 2 nitrogen and oxygen atoms in total. The van der Waals surface area contributed by atoms with Crippen molar-refractivity contribution in [2.75, 3.05) is 0 Å². The maximum Gasteiger partial charge on any atom is 0.306 e. The van der Waals surface area contributed by atoms with Gasteiger partial charge >= 0.3 is 5.97 Å². The lowest BCUT2D eigenvalue weighted by Gasteiger charge is -2.50. The molecule has 3 rings (SSSR count). The molecule has 3 saturated carbocycles. The zero-order valence-corrected chi connectivity index (χ0v) is 18.1. The number of carbonyl (C=O) groups is 1. The Morgan fingerprint density at radius 3 is 2.22 bits per heavy atom. The van der Waals surface area contributed by atoms with Crippen LogP contribution in [-0.4, -0.2) is 12.1 Å². The second-order valence-corrected chi connectivity index (χ2v) is 9.98. The predicted molar refractivity (Wildman–Crippen MR) is 113 cm³/mol. The molecule has 156 valence electrons. The smallest absolute Gasteiger partial charge is 0.306 e. The second kappa shape index (κ2) is 10.9. The van der Waals surface area contributed by atoms with Crippen LogP contribution < -0.4 is 0 Å². The lowest BCUT2D eigenvalue weighted by Crippen LogP contribution is -2.43. The molecule has 0 spiro atoms. The molecule has 0 bridgehead atoms. The number of carbonyl (C=O) groups excluding carboxylic acids is 1. The van der Waals surface area contributed by atoms with Crippen molar-refractivity contribution in [1.82, 2.24) is 0 Å². The van der Waals surface area contributed by atoms with E-state index in [1.807, 2.05) is 0 Å². The van der Waals surface area contributed by atoms with Gasteiger partial charge in [-0.3, -0.25) is 4.79 Å². The summed E-state index contributed by atoms with van der Waals surface area (Å²) in [6, 6.07) is 0. The van der Waals surface area contributed by atoms with Crippen LogP contribution in [0.25, 0.3) is 0 Å². The maximum atomic E-state index is 12.2. The molecule has 0 radical (unpaired) electrons. The van der Waals surface area contributed by atoms with E-state index in [0.717, 1.165) is 48.9 Å². The molecule has 0 aliphatic heterocycles. The summed E-state index contributed by atoms with van der Waals surface area (Å²) in [5.41, 5.74) is 0. The Morgan fingerprint density at radius 2 is 1.48 bits per heavy atom. The van der Waals surface area contributed by atoms with Crippen molar-refractivity contribution >= 4 is 5.97 Å². The van der Waals surface area contributed by atoms with E-state index >= 15 is 0 Å². The minimum Gasteiger partial charge on any atom is -0.462 e. The van der Waals surface area contributed by atoms with Crippen molar-refractivity contribution in [2.24, 2.45) is 29.6 Å². The van der Waals surface area contributed by atoms with E-state index < -0.39 is 0 Å². The molecule has 3 aliphatic rings. The average molecular weight is 377 g/mol. The molecule has 0 N–H and O–H groups in total. The first-order valence-corrected chi connectivity index (χ1v) is 12.4. The Balaban J connectivity index is 1.39. The maximum absolute atomic E-state index is 12.2. The van der Waals surface area contributed by atoms with E-state index in [2.05, 4.69) is 13.8 Å². The molecule has 0 heterocycles. The summed E-state index contributed by atoms with van der Waals surface area (Å²) < 4.78 is 5.89. The van der Waals surface area contributed by atoms with Gasteiger partial charge in [0, 0.05) is 6.42 Å². The van der Waals surface area contributed by atoms with Gasteiger partial charge in [0.15, 0.2) is 0 Å². The summed E-state index contributed by atoms with van der Waals surface area (Å²) in [5, 5.41) is 0. The highest BCUT2D eigenvalue weighted by Crippen LogP contribution is 2.53. The van der Waals surface area contributed by atoms with Gasteiger partial charge in [-0.15, -0.1) is 0 Å². The molecule has 3 aliphatic carbocycles. The van der Waals surface area contributed by atoms with Crippen LogP contribution in [0.1, 0.15) is 117 Å². The second-order valence-electron chi connectivity index (χ2n) is 9.98. The highest BCUT2D eigenvalue weighted by atomic mass is 16.5. The SMILES string of the molecule is CCCCCCCC(=O)OC1CCC2C(CCC3CC(CCC)CCC32)C1. The number of rotatable bonds is 9. The third-order valence-corrected chi connectivity index (χ3v) is 8.08. The summed E-state index contributed by atoms with van der Waals surface area (Å²) in [4.78, 5) is 12.2. The first-order chi connectivity index (χ1) is 13.2. The van der Waals surface area contributed by atoms with E-state index in [1.165, 1.54) is 77.0 Å². The molecule has 6 unspecified atom stereocenters. The number of esters is 1. The molecule has 0 saturated heterocycles. The van der Waals surface area contributed by atoms with Crippen LogP contribution in [0, 0.1) is 29.6 Å². The molecular weight excluding hydrogens is 332 g/mol. The molecule has 3 fully saturated rings. The third kappa shape index (κ3) is 5.97. The Hall–Kier alpha value is -0.530. The van der Waals surface area contributed by atoms with E-state index in [-0.39, 0.29) is 12.1 Å². The van der Waals surface area contributed by atoms with Gasteiger partial charge < -0.3 is 4.74 Å². The van der Waals surface area contributed by atoms with E-state index in [4.69, 9.17) is 4.74 Å². The lowest BCUT2D eigenvalue weighted by atomic mass is 9.56. The van der Waals surface area contributed by atoms with Gasteiger partial charge in [0.2, 0.25) is 0 Å². The molecule has 2 heteroatoms. The van der Waals surface area contributed by atoms with Crippen molar-refractivity contribution in [1.29, 1.82) is 0 Å². The van der Waals surface area contributed by atoms with Crippen molar-refractivity contribution in [3.05, 3.63) is 0 Å². The zero-order valence-electron chi connectivity index (χ0n) is 18.1. The minimum absolute atomic E-state index is 0.0729. The van der Waals surface area contributed by atoms with Gasteiger partial charge in [-0.2, -0.15) is 0 Å². The third-order valence-electron chi connectivity index (χ3n) is 8.08. The minimum atomic E-state index is 0.0729. The van der Waals surface area contributed by atoms with Crippen LogP contribution in [-0.2, 0) is 9.53 Å². The summed E-state index contributed by atoms with van der Waals surface area (Å²) in [6.07, 6.45) is 20.6. The summed E-state index contributed by atoms with van der Waals surface area (Å²) in [7, 11) is 0. The number of fused-ring (bicyclic) bond motifs is 3. The molecule has 0 aromatic rings. The van der Waals surface area contributed by atoms with Gasteiger partial charge in [0.25, 0.3) is 0 Å². The quantitative estimate of drug-likeness (QED) is 0.312. The van der Waals surface area contributed by atoms with Gasteiger partial charge in [0.05, 0.1) is 0 Å². The Labute approximate surface area is 168 Å². The van der Waals surface area contributed by atoms with E-state index in [0.29, 0.717) is 6.42 Å². The first-order valence-electron chi connectivity index (χ1n) is 12.4. The van der Waals surface area contributed by atoms with E-state index in [9.17, 15) is 4.79 Å². The fourth-order valence-corrected chi connectivity index (χ4v) is 6.74. The summed E-state index contributed by atoms with van der Waals surface area (Å²) in [5.74, 6) is 4.87. The normalized spacial score (nSPS) is 35.9. The van der Waals surface area contributed by atoms with Crippen molar-refractivity contribution in [3.8, 4) is 0 Å². The van der Waals surface area contributed by atoms with Crippen molar-refractivity contribution in [3.63, 3.8) is 0 Å². The van der Waals surface area contributed by atoms with Gasteiger partial charge in [-0.05, 0) is 81.0 Å². The van der Waals surface area contributed by atoms with Crippen LogP contribution in [0.5, 0.6) is 0 Å². The van der Waals surface area contributed by atoms with Gasteiger partial charge in [-0.25, -0.2) is 0 Å². The number of unbranched alkanes of at least 4 members (excludes halogenated alkanes) is 4. The van der Waals surface area contributed by atoms with Gasteiger partial charge in [-0.1, -0.05) is 58.8 Å². The van der Waals surface area contributed by atoms with Crippen LogP contribution >= 0.6 is 0 Å². The standard InChI is InChI=1S/C25H44O2/c1-3-5-6-7-8-10-25(26)27-22-14-16-24-21(18-22)13-12-20-17-19(9-4-2)11-15-23(20)24/h19-24H,3-18H2,1-2H3. The largest absolute Gasteiger partial charge is 0.462 e. The monoisotopic (exact) mass is 376 g/mol. The summed E-state index contributed by atoms with van der Waals surface area (Å²) >= 11 is 0. The average Bonchev–Trinajstić information content (AvgIpc) is 2.67.